The van der Waals surface area contributed by atoms with Crippen LogP contribution in [0.4, 0.5) is 0 Å². The van der Waals surface area contributed by atoms with Gasteiger partial charge in [0.1, 0.15) is 17.1 Å². The number of amides is 1. The number of methoxy groups -OCH3 is 1. The third-order valence-electron chi connectivity index (χ3n) is 5.39. The van der Waals surface area contributed by atoms with Crippen LogP contribution in [0.5, 0.6) is 0 Å². The van der Waals surface area contributed by atoms with Gasteiger partial charge in [0, 0.05) is 43.6 Å². The molecule has 3 aromatic heterocycles. The normalized spacial score (nSPS) is 10.9. The summed E-state index contributed by atoms with van der Waals surface area (Å²) >= 11 is 0. The smallest absolute Gasteiger partial charge is 0.272 e. The monoisotopic (exact) mass is 457 g/mol. The van der Waals surface area contributed by atoms with Gasteiger partial charge < -0.3 is 14.2 Å². The Morgan fingerprint density at radius 1 is 1.03 bits per heavy atom. The van der Waals surface area contributed by atoms with E-state index in [1.807, 2.05) is 56.3 Å². The molecule has 0 aliphatic carbocycles. The summed E-state index contributed by atoms with van der Waals surface area (Å²) in [6.45, 7) is 5.53. The number of nitrogens with zero attached hydrogens (tertiary/aromatic N) is 5. The Hall–Kier alpha value is -3.91. The number of pyridine rings is 1. The van der Waals surface area contributed by atoms with Crippen molar-refractivity contribution >= 4 is 5.91 Å². The molecule has 0 atom stereocenters. The Bertz CT molecular complexity index is 1260. The second-order valence-electron chi connectivity index (χ2n) is 7.85. The van der Waals surface area contributed by atoms with Crippen molar-refractivity contribution < 1.29 is 14.1 Å². The molecule has 174 valence electrons. The predicted octanol–water partition coefficient (Wildman–Crippen LogP) is 4.67. The predicted molar refractivity (Wildman–Crippen MR) is 129 cm³/mol. The first-order valence-corrected chi connectivity index (χ1v) is 11.2. The fourth-order valence-corrected chi connectivity index (χ4v) is 3.61. The molecular weight excluding hydrogens is 430 g/mol. The van der Waals surface area contributed by atoms with Gasteiger partial charge in [-0.1, -0.05) is 42.4 Å². The van der Waals surface area contributed by atoms with Crippen LogP contribution in [0.2, 0.25) is 0 Å². The number of carbonyl (C=O) groups is 1. The third kappa shape index (κ3) is 5.18. The van der Waals surface area contributed by atoms with Crippen LogP contribution in [0.25, 0.3) is 34.0 Å². The molecule has 3 heterocycles. The van der Waals surface area contributed by atoms with Crippen molar-refractivity contribution in [2.75, 3.05) is 26.8 Å². The summed E-state index contributed by atoms with van der Waals surface area (Å²) in [5.74, 6) is 0.397. The minimum absolute atomic E-state index is 0.135. The second-order valence-corrected chi connectivity index (χ2v) is 7.85. The van der Waals surface area contributed by atoms with E-state index in [0.29, 0.717) is 42.5 Å². The molecule has 0 N–H and O–H groups in total. The lowest BCUT2D eigenvalue weighted by molar-refractivity contribution is 0.0690. The van der Waals surface area contributed by atoms with Gasteiger partial charge in [-0.2, -0.15) is 0 Å². The number of aromatic nitrogens is 4. The van der Waals surface area contributed by atoms with Gasteiger partial charge in [-0.3, -0.25) is 14.8 Å². The first-order valence-electron chi connectivity index (χ1n) is 11.2. The van der Waals surface area contributed by atoms with E-state index in [0.717, 1.165) is 28.9 Å². The highest BCUT2D eigenvalue weighted by molar-refractivity contribution is 5.93. The molecule has 1 aromatic carbocycles. The average Bonchev–Trinajstić information content (AvgIpc) is 3.37. The molecule has 0 fully saturated rings. The van der Waals surface area contributed by atoms with Gasteiger partial charge in [0.25, 0.3) is 5.91 Å². The summed E-state index contributed by atoms with van der Waals surface area (Å²) in [7, 11) is 1.62. The van der Waals surface area contributed by atoms with Crippen molar-refractivity contribution in [3.8, 4) is 34.0 Å². The summed E-state index contributed by atoms with van der Waals surface area (Å²) in [5, 5.41) is 4.19. The summed E-state index contributed by atoms with van der Waals surface area (Å²) < 4.78 is 10.7. The van der Waals surface area contributed by atoms with Gasteiger partial charge >= 0.3 is 0 Å². The first-order chi connectivity index (χ1) is 16.6. The van der Waals surface area contributed by atoms with Crippen molar-refractivity contribution in [2.24, 2.45) is 0 Å². The first kappa shape index (κ1) is 23.3. The number of aryl methyl sites for hydroxylation is 1. The van der Waals surface area contributed by atoms with Crippen LogP contribution in [-0.4, -0.2) is 57.7 Å². The lowest BCUT2D eigenvalue weighted by Gasteiger charge is -2.21. The van der Waals surface area contributed by atoms with Crippen LogP contribution in [0.1, 0.15) is 29.5 Å². The fourth-order valence-electron chi connectivity index (χ4n) is 3.61. The zero-order valence-corrected chi connectivity index (χ0v) is 19.6. The molecule has 0 aliphatic rings. The quantitative estimate of drug-likeness (QED) is 0.360. The highest BCUT2D eigenvalue weighted by atomic mass is 16.5. The summed E-state index contributed by atoms with van der Waals surface area (Å²) in [4.78, 5) is 28.4. The second kappa shape index (κ2) is 10.8. The minimum Gasteiger partial charge on any atom is -0.383 e. The summed E-state index contributed by atoms with van der Waals surface area (Å²) in [5.41, 5.74) is 4.74. The number of rotatable bonds is 9. The Labute approximate surface area is 198 Å². The summed E-state index contributed by atoms with van der Waals surface area (Å²) in [6.07, 6.45) is 4.15. The average molecular weight is 458 g/mol. The minimum atomic E-state index is -0.135. The highest BCUT2D eigenvalue weighted by Crippen LogP contribution is 2.28. The van der Waals surface area contributed by atoms with Crippen molar-refractivity contribution in [3.63, 3.8) is 0 Å². The summed E-state index contributed by atoms with van der Waals surface area (Å²) in [6, 6.07) is 15.2. The SMILES string of the molecule is CCCN(CCOC)C(=O)c1cc(-c2cnc(C)c(-c3cc(-c4ccccc4)no3)n2)ccn1. The van der Waals surface area contributed by atoms with E-state index in [2.05, 4.69) is 15.1 Å². The van der Waals surface area contributed by atoms with Crippen LogP contribution in [0, 0.1) is 6.92 Å². The maximum absolute atomic E-state index is 13.1. The highest BCUT2D eigenvalue weighted by Gasteiger charge is 2.18. The Balaban J connectivity index is 1.63. The van der Waals surface area contributed by atoms with E-state index in [1.165, 1.54) is 0 Å². The number of hydrogen-bond donors (Lipinski definition) is 0. The molecule has 34 heavy (non-hydrogen) atoms. The van der Waals surface area contributed by atoms with Gasteiger partial charge in [0.15, 0.2) is 5.76 Å². The van der Waals surface area contributed by atoms with Gasteiger partial charge in [-0.05, 0) is 25.5 Å². The fraction of sp³-hybridized carbons (Fsp3) is 0.269. The maximum atomic E-state index is 13.1. The van der Waals surface area contributed by atoms with Gasteiger partial charge in [0.2, 0.25) is 0 Å². The lowest BCUT2D eigenvalue weighted by atomic mass is 10.1. The lowest BCUT2D eigenvalue weighted by Crippen LogP contribution is -2.35. The molecule has 0 aliphatic heterocycles. The zero-order valence-electron chi connectivity index (χ0n) is 19.6. The largest absolute Gasteiger partial charge is 0.383 e. The molecule has 4 aromatic rings. The van der Waals surface area contributed by atoms with Crippen LogP contribution in [0.15, 0.2) is 65.4 Å². The molecule has 8 nitrogen and oxygen atoms in total. The van der Waals surface area contributed by atoms with E-state index in [4.69, 9.17) is 14.2 Å². The molecule has 4 rings (SSSR count). The van der Waals surface area contributed by atoms with Crippen LogP contribution in [0.3, 0.4) is 0 Å². The molecule has 0 spiro atoms. The number of carbonyl (C=O) groups excluding carboxylic acids is 1. The molecule has 1 amide bonds. The van der Waals surface area contributed by atoms with Gasteiger partial charge in [-0.25, -0.2) is 4.98 Å². The molecule has 0 saturated heterocycles. The van der Waals surface area contributed by atoms with E-state index >= 15 is 0 Å². The number of hydrogen-bond acceptors (Lipinski definition) is 7. The standard InChI is InChI=1S/C26H27N5O3/c1-4-12-31(13-14-33-3)26(32)22-15-20(10-11-27-22)23-17-28-18(2)25(29-23)24-16-21(30-34-24)19-8-6-5-7-9-19/h5-11,15-17H,4,12-14H2,1-3H3. The van der Waals surface area contributed by atoms with Gasteiger partial charge in [-0.15, -0.1) is 0 Å². The van der Waals surface area contributed by atoms with E-state index < -0.39 is 0 Å². The van der Waals surface area contributed by atoms with Gasteiger partial charge in [0.05, 0.1) is 24.2 Å². The van der Waals surface area contributed by atoms with Crippen LogP contribution >= 0.6 is 0 Å². The van der Waals surface area contributed by atoms with E-state index in [-0.39, 0.29) is 5.91 Å². The third-order valence-corrected chi connectivity index (χ3v) is 5.39. The molecule has 0 unspecified atom stereocenters. The molecule has 8 heteroatoms. The Morgan fingerprint density at radius 2 is 1.85 bits per heavy atom. The van der Waals surface area contributed by atoms with Crippen LogP contribution < -0.4 is 0 Å². The zero-order chi connectivity index (χ0) is 23.9. The maximum Gasteiger partial charge on any atom is 0.272 e. The van der Waals surface area contributed by atoms with E-state index in [9.17, 15) is 4.79 Å². The van der Waals surface area contributed by atoms with Crippen molar-refractivity contribution in [3.05, 3.63) is 72.3 Å². The van der Waals surface area contributed by atoms with Crippen molar-refractivity contribution in [1.29, 1.82) is 0 Å². The van der Waals surface area contributed by atoms with Crippen molar-refractivity contribution in [1.82, 2.24) is 25.0 Å². The van der Waals surface area contributed by atoms with Crippen LogP contribution in [-0.2, 0) is 4.74 Å². The molecular formula is C26H27N5O3. The Morgan fingerprint density at radius 3 is 2.62 bits per heavy atom. The molecule has 0 bridgehead atoms. The number of ether oxygens (including phenoxy) is 1. The Kier molecular flexibility index (Phi) is 7.39. The number of benzene rings is 1. The molecule has 0 saturated carbocycles. The molecule has 0 radical (unpaired) electrons. The topological polar surface area (TPSA) is 94.2 Å². The van der Waals surface area contributed by atoms with Crippen molar-refractivity contribution in [2.45, 2.75) is 20.3 Å². The van der Waals surface area contributed by atoms with E-state index in [1.54, 1.807) is 30.5 Å².